The molecule has 0 aliphatic heterocycles. The number of nitrogens with zero attached hydrogens (tertiary/aromatic N) is 1. The molecule has 0 unspecified atom stereocenters. The number of methoxy groups -OCH3 is 1. The Balaban J connectivity index is 3.03. The molecule has 0 aliphatic carbocycles. The molecular formula is C14H19ClN2O4S. The molecule has 0 saturated carbocycles. The van der Waals surface area contributed by atoms with Gasteiger partial charge in [-0.05, 0) is 18.2 Å². The van der Waals surface area contributed by atoms with E-state index in [9.17, 15) is 13.2 Å². The zero-order chi connectivity index (χ0) is 16.8. The Bertz CT molecular complexity index is 646. The van der Waals surface area contributed by atoms with Gasteiger partial charge in [0.2, 0.25) is 15.9 Å². The van der Waals surface area contributed by atoms with Crippen LogP contribution in [0.15, 0.2) is 30.9 Å². The first-order valence-corrected chi connectivity index (χ1v) is 8.71. The lowest BCUT2D eigenvalue weighted by atomic mass is 10.2. The largest absolute Gasteiger partial charge is 0.495 e. The van der Waals surface area contributed by atoms with Gasteiger partial charge >= 0.3 is 0 Å². The molecule has 8 heteroatoms. The molecule has 122 valence electrons. The summed E-state index contributed by atoms with van der Waals surface area (Å²) >= 11 is 5.93. The molecule has 1 N–H and O–H groups in total. The lowest BCUT2D eigenvalue weighted by Gasteiger charge is -2.24. The molecule has 22 heavy (non-hydrogen) atoms. The molecule has 1 amide bonds. The number of rotatable bonds is 8. The summed E-state index contributed by atoms with van der Waals surface area (Å²) in [7, 11) is -2.15. The van der Waals surface area contributed by atoms with Gasteiger partial charge < -0.3 is 10.1 Å². The highest BCUT2D eigenvalue weighted by atomic mass is 35.5. The van der Waals surface area contributed by atoms with Crippen molar-refractivity contribution < 1.29 is 17.9 Å². The summed E-state index contributed by atoms with van der Waals surface area (Å²) in [4.78, 5) is 11.6. The van der Waals surface area contributed by atoms with E-state index in [0.29, 0.717) is 23.0 Å². The number of halogens is 1. The number of hydrogen-bond donors (Lipinski definition) is 1. The molecule has 0 spiro atoms. The van der Waals surface area contributed by atoms with Crippen molar-refractivity contribution >= 4 is 33.2 Å². The summed E-state index contributed by atoms with van der Waals surface area (Å²) in [6.45, 7) is 3.81. The van der Waals surface area contributed by atoms with Gasteiger partial charge in [0.25, 0.3) is 0 Å². The average Bonchev–Trinajstić information content (AvgIpc) is 2.44. The van der Waals surface area contributed by atoms with Gasteiger partial charge in [-0.15, -0.1) is 6.58 Å². The summed E-state index contributed by atoms with van der Waals surface area (Å²) in [6.07, 6.45) is 2.62. The van der Waals surface area contributed by atoms with Crippen LogP contribution in [-0.4, -0.2) is 40.8 Å². The van der Waals surface area contributed by atoms with Crippen LogP contribution in [0.2, 0.25) is 5.02 Å². The predicted octanol–water partition coefficient (Wildman–Crippen LogP) is 1.81. The first-order valence-electron chi connectivity index (χ1n) is 6.48. The van der Waals surface area contributed by atoms with Crippen LogP contribution in [-0.2, 0) is 14.8 Å². The Morgan fingerprint density at radius 3 is 2.73 bits per heavy atom. The topological polar surface area (TPSA) is 75.7 Å². The number of ether oxygens (including phenoxy) is 1. The van der Waals surface area contributed by atoms with Crippen molar-refractivity contribution in [3.05, 3.63) is 35.9 Å². The first kappa shape index (κ1) is 18.3. The number of nitrogens with one attached hydrogen (secondary N) is 1. The van der Waals surface area contributed by atoms with E-state index in [1.165, 1.54) is 13.2 Å². The fourth-order valence-corrected chi connectivity index (χ4v) is 2.89. The zero-order valence-electron chi connectivity index (χ0n) is 12.5. The second kappa shape index (κ2) is 8.05. The van der Waals surface area contributed by atoms with E-state index in [-0.39, 0.29) is 18.9 Å². The van der Waals surface area contributed by atoms with Gasteiger partial charge in [0, 0.05) is 24.5 Å². The van der Waals surface area contributed by atoms with E-state index in [2.05, 4.69) is 11.9 Å². The van der Waals surface area contributed by atoms with Crippen molar-refractivity contribution in [3.8, 4) is 5.75 Å². The lowest BCUT2D eigenvalue weighted by Crippen LogP contribution is -2.35. The third-order valence-electron chi connectivity index (χ3n) is 2.80. The predicted molar refractivity (Wildman–Crippen MR) is 88.0 cm³/mol. The van der Waals surface area contributed by atoms with Gasteiger partial charge in [0.1, 0.15) is 5.75 Å². The lowest BCUT2D eigenvalue weighted by molar-refractivity contribution is -0.120. The molecule has 0 aliphatic rings. The summed E-state index contributed by atoms with van der Waals surface area (Å²) in [5.74, 6) is 0.0934. The fraction of sp³-hybridized carbons (Fsp3) is 0.357. The van der Waals surface area contributed by atoms with Crippen LogP contribution in [0.3, 0.4) is 0 Å². The zero-order valence-corrected chi connectivity index (χ0v) is 14.1. The summed E-state index contributed by atoms with van der Waals surface area (Å²) in [6, 6.07) is 4.66. The maximum atomic E-state index is 12.0. The molecule has 1 rings (SSSR count). The van der Waals surface area contributed by atoms with Gasteiger partial charge in [0.15, 0.2) is 0 Å². The minimum absolute atomic E-state index is 0.0105. The third-order valence-corrected chi connectivity index (χ3v) is 4.21. The summed E-state index contributed by atoms with van der Waals surface area (Å²) < 4.78 is 30.3. The van der Waals surface area contributed by atoms with Crippen molar-refractivity contribution in [3.63, 3.8) is 0 Å². The third kappa shape index (κ3) is 5.23. The summed E-state index contributed by atoms with van der Waals surface area (Å²) in [5, 5.41) is 2.97. The number of amides is 1. The molecule has 0 heterocycles. The number of sulfonamides is 1. The van der Waals surface area contributed by atoms with Gasteiger partial charge in [0.05, 0.1) is 19.1 Å². The van der Waals surface area contributed by atoms with Crippen molar-refractivity contribution in [2.75, 3.05) is 30.8 Å². The standard InChI is InChI=1S/C14H19ClN2O4S/c1-4-8-16-14(18)7-9-17(22(3,19)20)12-10-11(15)5-6-13(12)21-2/h4-6,10H,1,7-9H2,2-3H3,(H,16,18). The van der Waals surface area contributed by atoms with Crippen molar-refractivity contribution in [1.82, 2.24) is 5.32 Å². The monoisotopic (exact) mass is 346 g/mol. The highest BCUT2D eigenvalue weighted by Crippen LogP contribution is 2.32. The van der Waals surface area contributed by atoms with Gasteiger partial charge in [-0.1, -0.05) is 17.7 Å². The average molecular weight is 347 g/mol. The van der Waals surface area contributed by atoms with E-state index in [4.69, 9.17) is 16.3 Å². The number of anilines is 1. The Morgan fingerprint density at radius 2 is 2.18 bits per heavy atom. The van der Waals surface area contributed by atoms with Crippen molar-refractivity contribution in [2.45, 2.75) is 6.42 Å². The molecule has 0 radical (unpaired) electrons. The number of carbonyl (C=O) groups is 1. The molecule has 0 bridgehead atoms. The van der Waals surface area contributed by atoms with Gasteiger partial charge in [-0.25, -0.2) is 8.42 Å². The molecule has 0 fully saturated rings. The number of carbonyl (C=O) groups excluding carboxylic acids is 1. The fourth-order valence-electron chi connectivity index (χ4n) is 1.80. The van der Waals surface area contributed by atoms with E-state index in [0.717, 1.165) is 10.6 Å². The molecule has 1 aromatic carbocycles. The molecule has 0 atom stereocenters. The van der Waals surface area contributed by atoms with Gasteiger partial charge in [-0.3, -0.25) is 9.10 Å². The maximum absolute atomic E-state index is 12.0. The normalized spacial score (nSPS) is 10.9. The van der Waals surface area contributed by atoms with Crippen molar-refractivity contribution in [1.29, 1.82) is 0 Å². The molecule has 0 saturated heterocycles. The van der Waals surface area contributed by atoms with Crippen LogP contribution in [0.4, 0.5) is 5.69 Å². The second-order valence-corrected chi connectivity index (χ2v) is 6.84. The number of benzene rings is 1. The van der Waals surface area contributed by atoms with Crippen LogP contribution < -0.4 is 14.4 Å². The maximum Gasteiger partial charge on any atom is 0.232 e. The molecule has 6 nitrogen and oxygen atoms in total. The van der Waals surface area contributed by atoms with E-state index >= 15 is 0 Å². The van der Waals surface area contributed by atoms with E-state index in [1.807, 2.05) is 0 Å². The van der Waals surface area contributed by atoms with E-state index < -0.39 is 10.0 Å². The van der Waals surface area contributed by atoms with Crippen LogP contribution >= 0.6 is 11.6 Å². The van der Waals surface area contributed by atoms with Gasteiger partial charge in [-0.2, -0.15) is 0 Å². The Hall–Kier alpha value is -1.73. The van der Waals surface area contributed by atoms with Crippen LogP contribution in [0.1, 0.15) is 6.42 Å². The Labute approximate surface area is 135 Å². The Morgan fingerprint density at radius 1 is 1.50 bits per heavy atom. The van der Waals surface area contributed by atoms with Crippen LogP contribution in [0, 0.1) is 0 Å². The minimum atomic E-state index is -3.59. The van der Waals surface area contributed by atoms with Crippen LogP contribution in [0.5, 0.6) is 5.75 Å². The molecule has 1 aromatic rings. The first-order chi connectivity index (χ1) is 10.3. The van der Waals surface area contributed by atoms with Crippen LogP contribution in [0.25, 0.3) is 0 Å². The van der Waals surface area contributed by atoms with E-state index in [1.54, 1.807) is 18.2 Å². The highest BCUT2D eigenvalue weighted by molar-refractivity contribution is 7.92. The second-order valence-electron chi connectivity index (χ2n) is 4.49. The SMILES string of the molecule is C=CCNC(=O)CCN(c1cc(Cl)ccc1OC)S(C)(=O)=O. The summed E-state index contributed by atoms with van der Waals surface area (Å²) in [5.41, 5.74) is 0.300. The van der Waals surface area contributed by atoms with Crippen molar-refractivity contribution in [2.24, 2.45) is 0 Å². The molecule has 0 aromatic heterocycles. The smallest absolute Gasteiger partial charge is 0.232 e. The molecular weight excluding hydrogens is 328 g/mol. The Kier molecular flexibility index (Phi) is 6.70. The minimum Gasteiger partial charge on any atom is -0.495 e. The quantitative estimate of drug-likeness (QED) is 0.728. The highest BCUT2D eigenvalue weighted by Gasteiger charge is 2.22. The number of hydrogen-bond acceptors (Lipinski definition) is 4.